The summed E-state index contributed by atoms with van der Waals surface area (Å²) >= 11 is 0. The van der Waals surface area contributed by atoms with Crippen molar-refractivity contribution in [2.24, 2.45) is 0 Å². The zero-order valence-electron chi connectivity index (χ0n) is 28.7. The Kier molecular flexibility index (Phi) is 10.2. The molecule has 0 radical (unpaired) electrons. The predicted molar refractivity (Wildman–Crippen MR) is 181 cm³/mol. The van der Waals surface area contributed by atoms with Gasteiger partial charge in [0, 0.05) is 12.1 Å². The summed E-state index contributed by atoms with van der Waals surface area (Å²) in [5, 5.41) is -0.130. The lowest BCUT2D eigenvalue weighted by Gasteiger charge is -2.40. The number of Topliss-reactive ketones (excluding diaryl/α,β-unsaturated/α-hetero) is 1. The molecule has 0 aliphatic carbocycles. The number of carbonyl (C=O) groups excluding carboxylic acids is 1. The van der Waals surface area contributed by atoms with Crippen LogP contribution in [-0.4, -0.2) is 37.3 Å². The zero-order chi connectivity index (χ0) is 31.8. The molecule has 2 aromatic carbocycles. The molecule has 0 bridgehead atoms. The summed E-state index contributed by atoms with van der Waals surface area (Å²) in [6.45, 7) is 35.0. The quantitative estimate of drug-likeness (QED) is 0.196. The molecule has 0 fully saturated rings. The topological polar surface area (TPSA) is 54.0 Å². The van der Waals surface area contributed by atoms with Crippen LogP contribution in [0.15, 0.2) is 36.4 Å². The standard InChI is InChI=1S/C33H56O5Si3/c1-24-17-19-25(20-18-24)35-23-27(34)30-28(37-40(13,14)32(5,6)7)21-26(36-39(11,12)31(2,3)4)22-29(30)38-41(15,16)33(8,9)10/h17-22H,23H2,1-16H3. The number of ether oxygens (including phenoxy) is 1. The maximum absolute atomic E-state index is 14.1. The van der Waals surface area contributed by atoms with Crippen LogP contribution < -0.4 is 18.0 Å². The average molecular weight is 617 g/mol. The lowest BCUT2D eigenvalue weighted by atomic mass is 10.1. The number of aryl methyl sites for hydroxylation is 1. The van der Waals surface area contributed by atoms with Crippen LogP contribution in [0.2, 0.25) is 54.4 Å². The molecule has 0 heterocycles. The van der Waals surface area contributed by atoms with Gasteiger partial charge in [-0.05, 0) is 73.5 Å². The van der Waals surface area contributed by atoms with Crippen LogP contribution in [0, 0.1) is 6.92 Å². The van der Waals surface area contributed by atoms with E-state index in [9.17, 15) is 4.79 Å². The summed E-state index contributed by atoms with van der Waals surface area (Å²) in [4.78, 5) is 14.1. The summed E-state index contributed by atoms with van der Waals surface area (Å²) in [7, 11) is -6.86. The number of benzene rings is 2. The molecule has 230 valence electrons. The Morgan fingerprint density at radius 3 is 1.34 bits per heavy atom. The van der Waals surface area contributed by atoms with Crippen LogP contribution >= 0.6 is 0 Å². The highest BCUT2D eigenvalue weighted by Crippen LogP contribution is 2.46. The second kappa shape index (κ2) is 11.9. The third-order valence-corrected chi connectivity index (χ3v) is 22.3. The SMILES string of the molecule is Cc1ccc(OCC(=O)c2c(O[Si](C)(C)C(C)(C)C)cc(O[Si](C)(C)C(C)(C)C)cc2O[Si](C)(C)C(C)(C)C)cc1. The van der Waals surface area contributed by atoms with Gasteiger partial charge in [0.1, 0.15) is 28.6 Å². The van der Waals surface area contributed by atoms with Crippen LogP contribution in [0.4, 0.5) is 0 Å². The second-order valence-electron chi connectivity index (χ2n) is 15.9. The molecule has 0 unspecified atom stereocenters. The minimum atomic E-state index is -2.33. The lowest BCUT2D eigenvalue weighted by Crippen LogP contribution is -2.46. The van der Waals surface area contributed by atoms with Gasteiger partial charge in [-0.1, -0.05) is 80.0 Å². The molecule has 0 aliphatic heterocycles. The van der Waals surface area contributed by atoms with Gasteiger partial charge in [-0.25, -0.2) is 0 Å². The maximum Gasteiger partial charge on any atom is 0.250 e. The molecule has 41 heavy (non-hydrogen) atoms. The highest BCUT2D eigenvalue weighted by Gasteiger charge is 2.44. The van der Waals surface area contributed by atoms with Crippen molar-refractivity contribution < 1.29 is 22.8 Å². The first-order valence-corrected chi connectivity index (χ1v) is 23.5. The predicted octanol–water partition coefficient (Wildman–Crippen LogP) is 10.4. The first-order valence-electron chi connectivity index (χ1n) is 14.8. The second-order valence-corrected chi connectivity index (χ2v) is 30.1. The van der Waals surface area contributed by atoms with Crippen molar-refractivity contribution in [3.63, 3.8) is 0 Å². The van der Waals surface area contributed by atoms with Gasteiger partial charge in [-0.15, -0.1) is 0 Å². The Morgan fingerprint density at radius 1 is 0.610 bits per heavy atom. The lowest BCUT2D eigenvalue weighted by molar-refractivity contribution is 0.0917. The van der Waals surface area contributed by atoms with Gasteiger partial charge in [0.2, 0.25) is 14.1 Å². The minimum Gasteiger partial charge on any atom is -0.543 e. The van der Waals surface area contributed by atoms with Crippen molar-refractivity contribution >= 4 is 30.7 Å². The third kappa shape index (κ3) is 8.74. The van der Waals surface area contributed by atoms with Crippen LogP contribution in [0.5, 0.6) is 23.0 Å². The molecule has 0 N–H and O–H groups in total. The van der Waals surface area contributed by atoms with Crippen LogP contribution in [0.3, 0.4) is 0 Å². The molecule has 8 heteroatoms. The van der Waals surface area contributed by atoms with E-state index in [1.165, 1.54) is 0 Å². The summed E-state index contributed by atoms with van der Waals surface area (Å²) in [5.74, 6) is 2.22. The Bertz CT molecular complexity index is 1160. The summed E-state index contributed by atoms with van der Waals surface area (Å²) < 4.78 is 26.6. The van der Waals surface area contributed by atoms with Crippen LogP contribution in [0.1, 0.15) is 78.2 Å². The number of hydrogen-bond donors (Lipinski definition) is 0. The van der Waals surface area contributed by atoms with Gasteiger partial charge in [0.05, 0.1) is 0 Å². The first-order chi connectivity index (χ1) is 18.3. The van der Waals surface area contributed by atoms with Crippen LogP contribution in [0.25, 0.3) is 0 Å². The van der Waals surface area contributed by atoms with E-state index >= 15 is 0 Å². The van der Waals surface area contributed by atoms with Crippen molar-refractivity contribution in [1.29, 1.82) is 0 Å². The van der Waals surface area contributed by atoms with Crippen molar-refractivity contribution in [2.75, 3.05) is 6.61 Å². The van der Waals surface area contributed by atoms with Crippen molar-refractivity contribution in [3.05, 3.63) is 47.5 Å². The largest absolute Gasteiger partial charge is 0.543 e. The van der Waals surface area contributed by atoms with Gasteiger partial charge in [-0.3, -0.25) is 4.79 Å². The van der Waals surface area contributed by atoms with Crippen LogP contribution in [-0.2, 0) is 0 Å². The normalized spacial score (nSPS) is 13.6. The van der Waals surface area contributed by atoms with Gasteiger partial charge in [-0.2, -0.15) is 0 Å². The monoisotopic (exact) mass is 616 g/mol. The van der Waals surface area contributed by atoms with Gasteiger partial charge in [0.15, 0.2) is 6.61 Å². The Labute approximate surface area is 253 Å². The van der Waals surface area contributed by atoms with Crippen molar-refractivity contribution in [3.8, 4) is 23.0 Å². The fourth-order valence-corrected chi connectivity index (χ4v) is 6.27. The van der Waals surface area contributed by atoms with Gasteiger partial charge >= 0.3 is 0 Å². The summed E-state index contributed by atoms with van der Waals surface area (Å²) in [6, 6.07) is 11.6. The molecular formula is C33H56O5Si3. The molecule has 0 aromatic heterocycles. The average Bonchev–Trinajstić information content (AvgIpc) is 2.75. The highest BCUT2D eigenvalue weighted by molar-refractivity contribution is 6.75. The van der Waals surface area contributed by atoms with Gasteiger partial charge < -0.3 is 18.0 Å². The molecule has 0 spiro atoms. The Hall–Kier alpha value is -2.04. The van der Waals surface area contributed by atoms with E-state index in [1.54, 1.807) is 0 Å². The number of carbonyl (C=O) groups is 1. The Balaban J connectivity index is 2.77. The fourth-order valence-electron chi connectivity index (χ4n) is 3.22. The highest BCUT2D eigenvalue weighted by atomic mass is 28.4. The molecule has 0 saturated carbocycles. The van der Waals surface area contributed by atoms with E-state index in [1.807, 2.05) is 43.3 Å². The van der Waals surface area contributed by atoms with E-state index in [4.69, 9.17) is 18.0 Å². The van der Waals surface area contributed by atoms with Crippen molar-refractivity contribution in [1.82, 2.24) is 0 Å². The molecule has 2 rings (SSSR count). The van der Waals surface area contributed by atoms with E-state index in [0.717, 1.165) is 5.56 Å². The molecule has 0 saturated heterocycles. The van der Waals surface area contributed by atoms with Gasteiger partial charge in [0.25, 0.3) is 16.6 Å². The number of ketones is 1. The first kappa shape index (κ1) is 35.2. The number of hydrogen-bond acceptors (Lipinski definition) is 5. The van der Waals surface area contributed by atoms with Crippen molar-refractivity contribution in [2.45, 2.75) is 124 Å². The smallest absolute Gasteiger partial charge is 0.250 e. The third-order valence-electron chi connectivity index (χ3n) is 9.23. The molecule has 0 atom stereocenters. The summed E-state index contributed by atoms with van der Waals surface area (Å²) in [6.07, 6.45) is 0. The zero-order valence-corrected chi connectivity index (χ0v) is 31.7. The molecule has 0 aliphatic rings. The molecule has 5 nitrogen and oxygen atoms in total. The van der Waals surface area contributed by atoms with E-state index < -0.39 is 25.0 Å². The number of rotatable bonds is 10. The molecular weight excluding hydrogens is 561 g/mol. The van der Waals surface area contributed by atoms with E-state index in [-0.39, 0.29) is 27.5 Å². The fraction of sp³-hybridized carbons (Fsp3) is 0.606. The molecule has 2 aromatic rings. The Morgan fingerprint density at radius 2 is 0.976 bits per heavy atom. The minimum absolute atomic E-state index is 0.00424. The summed E-state index contributed by atoms with van der Waals surface area (Å²) in [5.41, 5.74) is 1.57. The van der Waals surface area contributed by atoms with E-state index in [0.29, 0.717) is 28.6 Å². The molecule has 0 amide bonds. The maximum atomic E-state index is 14.1. The van der Waals surface area contributed by atoms with E-state index in [2.05, 4.69) is 102 Å².